The van der Waals surface area contributed by atoms with Gasteiger partial charge >= 0.3 is 0 Å². The van der Waals surface area contributed by atoms with E-state index >= 15 is 0 Å². The highest BCUT2D eigenvalue weighted by molar-refractivity contribution is 6.30. The van der Waals surface area contributed by atoms with Crippen molar-refractivity contribution >= 4 is 23.2 Å². The first-order valence-electron chi connectivity index (χ1n) is 3.71. The Kier molecular flexibility index (Phi) is 3.36. The molecular formula is C10H8ClNO. The lowest BCUT2D eigenvalue weighted by atomic mass is 10.3. The van der Waals surface area contributed by atoms with Gasteiger partial charge in [-0.25, -0.2) is 0 Å². The van der Waals surface area contributed by atoms with E-state index in [1.54, 1.807) is 31.2 Å². The SMILES string of the molecule is CC#CC(=O)Nc1cccc(Cl)c1. The molecule has 2 nitrogen and oxygen atoms in total. The van der Waals surface area contributed by atoms with Crippen LogP contribution in [0.1, 0.15) is 6.92 Å². The number of hydrogen-bond donors (Lipinski definition) is 1. The fourth-order valence-electron chi connectivity index (χ4n) is 0.842. The summed E-state index contributed by atoms with van der Waals surface area (Å²) in [4.78, 5) is 11.0. The molecule has 13 heavy (non-hydrogen) atoms. The maximum absolute atomic E-state index is 11.0. The number of halogens is 1. The molecule has 0 saturated heterocycles. The molecule has 0 bridgehead atoms. The molecule has 0 unspecified atom stereocenters. The minimum Gasteiger partial charge on any atom is -0.315 e. The minimum atomic E-state index is -0.329. The molecule has 1 N–H and O–H groups in total. The standard InChI is InChI=1S/C10H8ClNO/c1-2-4-10(13)12-9-6-3-5-8(11)7-9/h3,5-7H,1H3,(H,12,13). The van der Waals surface area contributed by atoms with Gasteiger partial charge in [-0.05, 0) is 31.0 Å². The fraction of sp³-hybridized carbons (Fsp3) is 0.100. The summed E-state index contributed by atoms with van der Waals surface area (Å²) in [5, 5.41) is 3.17. The Labute approximate surface area is 81.9 Å². The average molecular weight is 194 g/mol. The van der Waals surface area contributed by atoms with Gasteiger partial charge in [0.15, 0.2) is 0 Å². The molecule has 66 valence electrons. The van der Waals surface area contributed by atoms with Crippen LogP contribution in [0.4, 0.5) is 5.69 Å². The molecule has 0 aromatic heterocycles. The monoisotopic (exact) mass is 193 g/mol. The smallest absolute Gasteiger partial charge is 0.300 e. The van der Waals surface area contributed by atoms with Crippen molar-refractivity contribution in [2.24, 2.45) is 0 Å². The Hall–Kier alpha value is -1.46. The summed E-state index contributed by atoms with van der Waals surface area (Å²) in [6.45, 7) is 1.61. The van der Waals surface area contributed by atoms with Crippen LogP contribution in [0.3, 0.4) is 0 Å². The van der Waals surface area contributed by atoms with Crippen molar-refractivity contribution in [3.8, 4) is 11.8 Å². The predicted octanol–water partition coefficient (Wildman–Crippen LogP) is 2.30. The lowest BCUT2D eigenvalue weighted by Gasteiger charge is -1.99. The highest BCUT2D eigenvalue weighted by atomic mass is 35.5. The molecule has 0 radical (unpaired) electrons. The zero-order valence-corrected chi connectivity index (χ0v) is 7.85. The second-order valence-corrected chi connectivity index (χ2v) is 2.78. The first-order chi connectivity index (χ1) is 6.22. The van der Waals surface area contributed by atoms with Gasteiger partial charge in [-0.3, -0.25) is 4.79 Å². The highest BCUT2D eigenvalue weighted by Gasteiger charge is 1.97. The summed E-state index contributed by atoms with van der Waals surface area (Å²) in [5.41, 5.74) is 0.653. The molecule has 1 amide bonds. The Morgan fingerprint density at radius 1 is 1.54 bits per heavy atom. The van der Waals surface area contributed by atoms with E-state index in [1.807, 2.05) is 0 Å². The van der Waals surface area contributed by atoms with Crippen LogP contribution in [0.15, 0.2) is 24.3 Å². The van der Waals surface area contributed by atoms with Crippen molar-refractivity contribution in [3.63, 3.8) is 0 Å². The predicted molar refractivity (Wildman–Crippen MR) is 53.5 cm³/mol. The molecule has 0 spiro atoms. The van der Waals surface area contributed by atoms with Crippen LogP contribution in [0.25, 0.3) is 0 Å². The Morgan fingerprint density at radius 3 is 2.92 bits per heavy atom. The van der Waals surface area contributed by atoms with E-state index in [9.17, 15) is 4.79 Å². The van der Waals surface area contributed by atoms with Gasteiger partial charge in [-0.1, -0.05) is 23.6 Å². The van der Waals surface area contributed by atoms with E-state index in [0.717, 1.165) is 0 Å². The van der Waals surface area contributed by atoms with Crippen molar-refractivity contribution in [3.05, 3.63) is 29.3 Å². The lowest BCUT2D eigenvalue weighted by Crippen LogP contribution is -2.07. The molecule has 1 rings (SSSR count). The fourth-order valence-corrected chi connectivity index (χ4v) is 1.03. The third-order valence-electron chi connectivity index (χ3n) is 1.32. The van der Waals surface area contributed by atoms with Crippen LogP contribution in [0, 0.1) is 11.8 Å². The zero-order chi connectivity index (χ0) is 9.68. The first kappa shape index (κ1) is 9.63. The maximum Gasteiger partial charge on any atom is 0.300 e. The van der Waals surface area contributed by atoms with Gasteiger partial charge < -0.3 is 5.32 Å². The topological polar surface area (TPSA) is 29.1 Å². The molecule has 0 heterocycles. The quantitative estimate of drug-likeness (QED) is 0.682. The first-order valence-corrected chi connectivity index (χ1v) is 4.09. The zero-order valence-electron chi connectivity index (χ0n) is 7.10. The second kappa shape index (κ2) is 4.54. The lowest BCUT2D eigenvalue weighted by molar-refractivity contribution is -0.111. The van der Waals surface area contributed by atoms with Gasteiger partial charge in [0.25, 0.3) is 5.91 Å². The van der Waals surface area contributed by atoms with Gasteiger partial charge in [-0.15, -0.1) is 0 Å². The molecule has 0 aliphatic heterocycles. The molecule has 0 saturated carbocycles. The van der Waals surface area contributed by atoms with Crippen LogP contribution >= 0.6 is 11.6 Å². The summed E-state index contributed by atoms with van der Waals surface area (Å²) < 4.78 is 0. The summed E-state index contributed by atoms with van der Waals surface area (Å²) in [7, 11) is 0. The molecule has 0 atom stereocenters. The molecule has 3 heteroatoms. The molecular weight excluding hydrogens is 186 g/mol. The van der Waals surface area contributed by atoms with Crippen molar-refractivity contribution in [2.45, 2.75) is 6.92 Å². The van der Waals surface area contributed by atoms with Crippen LogP contribution in [-0.2, 0) is 4.79 Å². The summed E-state index contributed by atoms with van der Waals surface area (Å²) in [5.74, 6) is 4.55. The van der Waals surface area contributed by atoms with Gasteiger partial charge in [0.1, 0.15) is 0 Å². The van der Waals surface area contributed by atoms with E-state index in [2.05, 4.69) is 17.2 Å². The number of nitrogens with one attached hydrogen (secondary N) is 1. The van der Waals surface area contributed by atoms with Crippen LogP contribution in [0.2, 0.25) is 5.02 Å². The van der Waals surface area contributed by atoms with Gasteiger partial charge in [0, 0.05) is 10.7 Å². The average Bonchev–Trinajstić information content (AvgIpc) is 2.04. The number of carbonyl (C=O) groups is 1. The summed E-state index contributed by atoms with van der Waals surface area (Å²) in [6.07, 6.45) is 0. The van der Waals surface area contributed by atoms with Crippen molar-refractivity contribution in [1.82, 2.24) is 0 Å². The van der Waals surface area contributed by atoms with E-state index in [0.29, 0.717) is 10.7 Å². The number of rotatable bonds is 1. The number of anilines is 1. The number of amides is 1. The Balaban J connectivity index is 2.73. The normalized spacial score (nSPS) is 8.46. The number of carbonyl (C=O) groups excluding carboxylic acids is 1. The largest absolute Gasteiger partial charge is 0.315 e. The van der Waals surface area contributed by atoms with Crippen molar-refractivity contribution in [2.75, 3.05) is 5.32 Å². The van der Waals surface area contributed by atoms with Gasteiger partial charge in [0.2, 0.25) is 0 Å². The Bertz CT molecular complexity index is 376. The molecule has 0 aliphatic carbocycles. The van der Waals surface area contributed by atoms with E-state index in [-0.39, 0.29) is 5.91 Å². The molecule has 0 fully saturated rings. The van der Waals surface area contributed by atoms with E-state index < -0.39 is 0 Å². The summed E-state index contributed by atoms with van der Waals surface area (Å²) in [6, 6.07) is 6.91. The minimum absolute atomic E-state index is 0.329. The third-order valence-corrected chi connectivity index (χ3v) is 1.56. The second-order valence-electron chi connectivity index (χ2n) is 2.34. The van der Waals surface area contributed by atoms with Gasteiger partial charge in [0.05, 0.1) is 0 Å². The highest BCUT2D eigenvalue weighted by Crippen LogP contribution is 2.14. The van der Waals surface area contributed by atoms with Crippen LogP contribution < -0.4 is 5.32 Å². The number of hydrogen-bond acceptors (Lipinski definition) is 1. The van der Waals surface area contributed by atoms with Crippen LogP contribution in [0.5, 0.6) is 0 Å². The van der Waals surface area contributed by atoms with E-state index in [4.69, 9.17) is 11.6 Å². The van der Waals surface area contributed by atoms with Crippen molar-refractivity contribution < 1.29 is 4.79 Å². The number of benzene rings is 1. The third kappa shape index (κ3) is 3.18. The Morgan fingerprint density at radius 2 is 2.31 bits per heavy atom. The molecule has 0 aliphatic rings. The molecule has 1 aromatic carbocycles. The maximum atomic E-state index is 11.0. The van der Waals surface area contributed by atoms with Gasteiger partial charge in [-0.2, -0.15) is 0 Å². The van der Waals surface area contributed by atoms with E-state index in [1.165, 1.54) is 0 Å². The summed E-state index contributed by atoms with van der Waals surface area (Å²) >= 11 is 5.72. The van der Waals surface area contributed by atoms with Crippen LogP contribution in [-0.4, -0.2) is 5.91 Å². The molecule has 1 aromatic rings. The van der Waals surface area contributed by atoms with Crippen molar-refractivity contribution in [1.29, 1.82) is 0 Å².